The van der Waals surface area contributed by atoms with Crippen LogP contribution in [0.15, 0.2) is 18.2 Å². The summed E-state index contributed by atoms with van der Waals surface area (Å²) in [5.41, 5.74) is 0. The zero-order valence-electron chi connectivity index (χ0n) is 8.32. The molecule has 0 radical (unpaired) electrons. The molecule has 1 aromatic carbocycles. The van der Waals surface area contributed by atoms with E-state index in [1.165, 1.54) is 0 Å². The summed E-state index contributed by atoms with van der Waals surface area (Å²) in [7, 11) is -3.54. The van der Waals surface area contributed by atoms with E-state index in [0.29, 0.717) is 0 Å². The lowest BCUT2D eigenvalue weighted by Gasteiger charge is -2.06. The molecule has 0 saturated carbocycles. The Morgan fingerprint density at radius 1 is 1.31 bits per heavy atom. The summed E-state index contributed by atoms with van der Waals surface area (Å²) in [5, 5.41) is 4.75. The fourth-order valence-corrected chi connectivity index (χ4v) is 1.55. The van der Waals surface area contributed by atoms with E-state index in [-0.39, 0.29) is 24.5 Å². The van der Waals surface area contributed by atoms with Crippen molar-refractivity contribution in [2.24, 2.45) is 5.14 Å². The lowest BCUT2D eigenvalue weighted by Crippen LogP contribution is -2.18. The van der Waals surface area contributed by atoms with Crippen molar-refractivity contribution in [3.63, 3.8) is 0 Å². The van der Waals surface area contributed by atoms with Gasteiger partial charge in [0.1, 0.15) is 5.82 Å². The van der Waals surface area contributed by atoms with Crippen molar-refractivity contribution in [3.8, 4) is 5.75 Å². The van der Waals surface area contributed by atoms with Gasteiger partial charge in [0.15, 0.2) is 11.6 Å². The maximum Gasteiger partial charge on any atom is 0.209 e. The monoisotopic (exact) mass is 251 g/mol. The minimum absolute atomic E-state index is 0.0448. The Hall–Kier alpha value is -1.21. The number of sulfonamides is 1. The number of halogens is 2. The van der Waals surface area contributed by atoms with E-state index in [1.807, 2.05) is 0 Å². The molecule has 0 unspecified atom stereocenters. The van der Waals surface area contributed by atoms with Gasteiger partial charge in [-0.1, -0.05) is 0 Å². The van der Waals surface area contributed by atoms with Crippen LogP contribution in [-0.2, 0) is 10.0 Å². The molecular weight excluding hydrogens is 240 g/mol. The van der Waals surface area contributed by atoms with Crippen molar-refractivity contribution in [2.45, 2.75) is 6.42 Å². The first kappa shape index (κ1) is 12.9. The van der Waals surface area contributed by atoms with E-state index < -0.39 is 21.7 Å². The average molecular weight is 251 g/mol. The molecule has 0 aliphatic carbocycles. The van der Waals surface area contributed by atoms with E-state index in [0.717, 1.165) is 18.2 Å². The topological polar surface area (TPSA) is 69.4 Å². The summed E-state index contributed by atoms with van der Waals surface area (Å²) in [6.45, 7) is -0.0448. The highest BCUT2D eigenvalue weighted by Crippen LogP contribution is 2.17. The molecule has 0 aromatic heterocycles. The molecule has 0 fully saturated rings. The summed E-state index contributed by atoms with van der Waals surface area (Å²) < 4.78 is 51.7. The summed E-state index contributed by atoms with van der Waals surface area (Å²) in [5.74, 6) is -1.82. The maximum absolute atomic E-state index is 13.0. The van der Waals surface area contributed by atoms with Crippen LogP contribution in [0, 0.1) is 11.6 Å². The fraction of sp³-hybridized carbons (Fsp3) is 0.333. The molecule has 0 atom stereocenters. The molecule has 90 valence electrons. The Morgan fingerprint density at radius 2 is 2.00 bits per heavy atom. The van der Waals surface area contributed by atoms with Crippen molar-refractivity contribution in [2.75, 3.05) is 12.4 Å². The van der Waals surface area contributed by atoms with Gasteiger partial charge in [0.25, 0.3) is 0 Å². The smallest absolute Gasteiger partial charge is 0.209 e. The number of ether oxygens (including phenoxy) is 1. The SMILES string of the molecule is NS(=O)(=O)CCCOc1cc(F)ccc1F. The molecule has 4 nitrogen and oxygen atoms in total. The molecule has 1 rings (SSSR count). The van der Waals surface area contributed by atoms with Crippen LogP contribution in [-0.4, -0.2) is 20.8 Å². The highest BCUT2D eigenvalue weighted by molar-refractivity contribution is 7.89. The van der Waals surface area contributed by atoms with Crippen molar-refractivity contribution in [1.82, 2.24) is 0 Å². The van der Waals surface area contributed by atoms with Gasteiger partial charge in [-0.05, 0) is 18.6 Å². The van der Waals surface area contributed by atoms with Gasteiger partial charge < -0.3 is 4.74 Å². The van der Waals surface area contributed by atoms with Gasteiger partial charge in [-0.15, -0.1) is 0 Å². The Bertz CT molecular complexity index is 462. The van der Waals surface area contributed by atoms with Crippen LogP contribution in [0.1, 0.15) is 6.42 Å². The third-order valence-corrected chi connectivity index (χ3v) is 2.58. The molecule has 0 spiro atoms. The van der Waals surface area contributed by atoms with Crippen molar-refractivity contribution in [3.05, 3.63) is 29.8 Å². The first-order chi connectivity index (χ1) is 7.38. The number of benzene rings is 1. The number of hydrogen-bond acceptors (Lipinski definition) is 3. The second-order valence-corrected chi connectivity index (χ2v) is 4.88. The minimum Gasteiger partial charge on any atom is -0.490 e. The van der Waals surface area contributed by atoms with Gasteiger partial charge in [0.2, 0.25) is 10.0 Å². The van der Waals surface area contributed by atoms with E-state index in [1.54, 1.807) is 0 Å². The van der Waals surface area contributed by atoms with Crippen molar-refractivity contribution < 1.29 is 21.9 Å². The third kappa shape index (κ3) is 4.54. The Labute approximate surface area is 92.1 Å². The molecular formula is C9H11F2NO3S. The molecule has 1 aromatic rings. The maximum atomic E-state index is 13.0. The van der Waals surface area contributed by atoms with E-state index in [2.05, 4.69) is 0 Å². The second-order valence-electron chi connectivity index (χ2n) is 3.14. The van der Waals surface area contributed by atoms with Gasteiger partial charge in [-0.3, -0.25) is 0 Å². The fourth-order valence-electron chi connectivity index (χ4n) is 1.03. The number of primary sulfonamides is 1. The Balaban J connectivity index is 2.46. The first-order valence-corrected chi connectivity index (χ1v) is 6.18. The van der Waals surface area contributed by atoms with Crippen LogP contribution in [0.25, 0.3) is 0 Å². The molecule has 0 saturated heterocycles. The van der Waals surface area contributed by atoms with E-state index in [4.69, 9.17) is 9.88 Å². The summed E-state index contributed by atoms with van der Waals surface area (Å²) in [4.78, 5) is 0. The van der Waals surface area contributed by atoms with Crippen LogP contribution in [0.5, 0.6) is 5.75 Å². The average Bonchev–Trinajstić information content (AvgIpc) is 2.16. The predicted molar refractivity (Wildman–Crippen MR) is 54.4 cm³/mol. The van der Waals surface area contributed by atoms with Gasteiger partial charge in [0.05, 0.1) is 12.4 Å². The van der Waals surface area contributed by atoms with Crippen LogP contribution < -0.4 is 9.88 Å². The normalized spacial score (nSPS) is 11.4. The highest BCUT2D eigenvalue weighted by Gasteiger charge is 2.06. The molecule has 16 heavy (non-hydrogen) atoms. The standard InChI is InChI=1S/C9H11F2NO3S/c10-7-2-3-8(11)9(6-7)15-4-1-5-16(12,13)14/h2-3,6H,1,4-5H2,(H2,12,13,14). The Kier molecular flexibility index (Phi) is 4.19. The summed E-state index contributed by atoms with van der Waals surface area (Å²) in [6.07, 6.45) is 0.120. The van der Waals surface area contributed by atoms with Crippen LogP contribution >= 0.6 is 0 Å². The number of hydrogen-bond donors (Lipinski definition) is 1. The summed E-state index contributed by atoms with van der Waals surface area (Å²) >= 11 is 0. The quantitative estimate of drug-likeness (QED) is 0.794. The number of rotatable bonds is 5. The van der Waals surface area contributed by atoms with Gasteiger partial charge >= 0.3 is 0 Å². The van der Waals surface area contributed by atoms with Gasteiger partial charge in [-0.2, -0.15) is 0 Å². The zero-order valence-corrected chi connectivity index (χ0v) is 9.14. The third-order valence-electron chi connectivity index (χ3n) is 1.72. The van der Waals surface area contributed by atoms with E-state index in [9.17, 15) is 17.2 Å². The van der Waals surface area contributed by atoms with Crippen LogP contribution in [0.2, 0.25) is 0 Å². The zero-order chi connectivity index (χ0) is 12.2. The lowest BCUT2D eigenvalue weighted by molar-refractivity contribution is 0.299. The second kappa shape index (κ2) is 5.22. The first-order valence-electron chi connectivity index (χ1n) is 4.47. The Morgan fingerprint density at radius 3 is 2.62 bits per heavy atom. The largest absolute Gasteiger partial charge is 0.490 e. The van der Waals surface area contributed by atoms with Crippen LogP contribution in [0.3, 0.4) is 0 Å². The lowest BCUT2D eigenvalue weighted by atomic mass is 10.3. The van der Waals surface area contributed by atoms with Gasteiger partial charge in [-0.25, -0.2) is 22.3 Å². The molecule has 0 aliphatic heterocycles. The van der Waals surface area contributed by atoms with Crippen molar-refractivity contribution >= 4 is 10.0 Å². The highest BCUT2D eigenvalue weighted by atomic mass is 32.2. The van der Waals surface area contributed by atoms with E-state index >= 15 is 0 Å². The summed E-state index contributed by atoms with van der Waals surface area (Å²) in [6, 6.07) is 2.79. The molecule has 0 heterocycles. The molecule has 0 bridgehead atoms. The molecule has 0 aliphatic rings. The molecule has 2 N–H and O–H groups in total. The molecule has 0 amide bonds. The predicted octanol–water partition coefficient (Wildman–Crippen LogP) is 1.02. The minimum atomic E-state index is -3.54. The van der Waals surface area contributed by atoms with Gasteiger partial charge in [0, 0.05) is 6.07 Å². The van der Waals surface area contributed by atoms with Crippen LogP contribution in [0.4, 0.5) is 8.78 Å². The number of nitrogens with two attached hydrogens (primary N) is 1. The molecule has 7 heteroatoms. The van der Waals surface area contributed by atoms with Crippen molar-refractivity contribution in [1.29, 1.82) is 0 Å².